The quantitative estimate of drug-likeness (QED) is 0.857. The van der Waals surface area contributed by atoms with Crippen molar-refractivity contribution in [1.29, 1.82) is 0 Å². The van der Waals surface area contributed by atoms with E-state index in [1.54, 1.807) is 0 Å². The number of anilines is 1. The highest BCUT2D eigenvalue weighted by Crippen LogP contribution is 2.22. The molecule has 2 rings (SSSR count). The summed E-state index contributed by atoms with van der Waals surface area (Å²) in [4.78, 5) is 10.9. The van der Waals surface area contributed by atoms with Crippen molar-refractivity contribution in [3.05, 3.63) is 28.7 Å². The number of nitrogens with one attached hydrogen (secondary N) is 1. The monoisotopic (exact) mass is 281 g/mol. The summed E-state index contributed by atoms with van der Waals surface area (Å²) in [5.41, 5.74) is 1.02. The molecular formula is C11H12BrN3O. The second-order valence-corrected chi connectivity index (χ2v) is 4.50. The molecule has 0 fully saturated rings. The van der Waals surface area contributed by atoms with Gasteiger partial charge in [0.2, 0.25) is 5.91 Å². The Bertz CT molecular complexity index is 445. The van der Waals surface area contributed by atoms with Gasteiger partial charge in [0.05, 0.1) is 5.69 Å². The second kappa shape index (κ2) is 4.65. The van der Waals surface area contributed by atoms with Crippen LogP contribution in [0.3, 0.4) is 0 Å². The van der Waals surface area contributed by atoms with Crippen LogP contribution in [0, 0.1) is 0 Å². The molecule has 0 atom stereocenters. The molecular weight excluding hydrogens is 270 g/mol. The van der Waals surface area contributed by atoms with Crippen molar-refractivity contribution < 1.29 is 4.79 Å². The maximum Gasteiger partial charge on any atom is 0.222 e. The molecule has 16 heavy (non-hydrogen) atoms. The SMILES string of the molecule is CC(=O)NC1=NN(c2cccc(Br)c2)CC1. The number of hydrogen-bond acceptors (Lipinski definition) is 3. The van der Waals surface area contributed by atoms with Gasteiger partial charge in [0.1, 0.15) is 5.84 Å². The number of hydrazone groups is 1. The molecule has 1 aliphatic rings. The number of rotatable bonds is 1. The van der Waals surface area contributed by atoms with Gasteiger partial charge in [0, 0.05) is 24.4 Å². The molecule has 0 spiro atoms. The van der Waals surface area contributed by atoms with Crippen LogP contribution in [-0.2, 0) is 4.79 Å². The Morgan fingerprint density at radius 3 is 3.06 bits per heavy atom. The molecule has 0 saturated heterocycles. The summed E-state index contributed by atoms with van der Waals surface area (Å²) < 4.78 is 1.02. The summed E-state index contributed by atoms with van der Waals surface area (Å²) in [6, 6.07) is 7.93. The van der Waals surface area contributed by atoms with E-state index < -0.39 is 0 Å². The molecule has 4 nitrogen and oxygen atoms in total. The second-order valence-electron chi connectivity index (χ2n) is 3.58. The van der Waals surface area contributed by atoms with Crippen molar-refractivity contribution in [1.82, 2.24) is 5.32 Å². The molecule has 0 bridgehead atoms. The molecule has 84 valence electrons. The Balaban J connectivity index is 2.13. The van der Waals surface area contributed by atoms with E-state index >= 15 is 0 Å². The number of nitrogens with zero attached hydrogens (tertiary/aromatic N) is 2. The molecule has 0 saturated carbocycles. The standard InChI is InChI=1S/C11H12BrN3O/c1-8(16)13-11-5-6-15(14-11)10-4-2-3-9(12)7-10/h2-4,7H,5-6H2,1H3,(H,13,14,16). The predicted octanol–water partition coefficient (Wildman–Crippen LogP) is 2.11. The number of carbonyl (C=O) groups is 1. The Kier molecular flexibility index (Phi) is 3.24. The van der Waals surface area contributed by atoms with E-state index in [0.29, 0.717) is 0 Å². The minimum absolute atomic E-state index is 0.0742. The van der Waals surface area contributed by atoms with Crippen LogP contribution in [0.25, 0.3) is 0 Å². The molecule has 1 heterocycles. The molecule has 0 aromatic heterocycles. The highest BCUT2D eigenvalue weighted by atomic mass is 79.9. The lowest BCUT2D eigenvalue weighted by molar-refractivity contribution is -0.117. The molecule has 0 unspecified atom stereocenters. The molecule has 0 radical (unpaired) electrons. The van der Waals surface area contributed by atoms with Gasteiger partial charge in [-0.15, -0.1) is 0 Å². The third-order valence-corrected chi connectivity index (χ3v) is 2.72. The van der Waals surface area contributed by atoms with Crippen molar-refractivity contribution in [2.45, 2.75) is 13.3 Å². The third-order valence-electron chi connectivity index (χ3n) is 2.23. The summed E-state index contributed by atoms with van der Waals surface area (Å²) in [7, 11) is 0. The highest BCUT2D eigenvalue weighted by Gasteiger charge is 2.16. The highest BCUT2D eigenvalue weighted by molar-refractivity contribution is 9.10. The van der Waals surface area contributed by atoms with E-state index in [2.05, 4.69) is 26.3 Å². The lowest BCUT2D eigenvalue weighted by Crippen LogP contribution is -2.26. The Morgan fingerprint density at radius 2 is 2.38 bits per heavy atom. The van der Waals surface area contributed by atoms with Crippen LogP contribution in [0.4, 0.5) is 5.69 Å². The van der Waals surface area contributed by atoms with Crippen LogP contribution in [0.2, 0.25) is 0 Å². The molecule has 5 heteroatoms. The fraction of sp³-hybridized carbons (Fsp3) is 0.273. The normalized spacial score (nSPS) is 14.9. The maximum atomic E-state index is 10.9. The topological polar surface area (TPSA) is 44.7 Å². The van der Waals surface area contributed by atoms with Crippen LogP contribution in [0.5, 0.6) is 0 Å². The molecule has 0 aliphatic carbocycles. The maximum absolute atomic E-state index is 10.9. The van der Waals surface area contributed by atoms with Gasteiger partial charge in [0.15, 0.2) is 0 Å². The minimum Gasteiger partial charge on any atom is -0.313 e. The van der Waals surface area contributed by atoms with Crippen LogP contribution < -0.4 is 10.3 Å². The molecule has 1 amide bonds. The summed E-state index contributed by atoms with van der Waals surface area (Å²) in [6.45, 7) is 2.29. The fourth-order valence-electron chi connectivity index (χ4n) is 1.57. The lowest BCUT2D eigenvalue weighted by atomic mass is 10.3. The van der Waals surface area contributed by atoms with Gasteiger partial charge < -0.3 is 5.32 Å². The van der Waals surface area contributed by atoms with Gasteiger partial charge >= 0.3 is 0 Å². The van der Waals surface area contributed by atoms with Gasteiger partial charge in [-0.3, -0.25) is 9.80 Å². The van der Waals surface area contributed by atoms with Crippen molar-refractivity contribution in [3.8, 4) is 0 Å². The van der Waals surface area contributed by atoms with E-state index in [0.717, 1.165) is 29.0 Å². The summed E-state index contributed by atoms with van der Waals surface area (Å²) in [5, 5.41) is 8.94. The smallest absolute Gasteiger partial charge is 0.222 e. The minimum atomic E-state index is -0.0742. The first kappa shape index (κ1) is 11.1. The van der Waals surface area contributed by atoms with Crippen molar-refractivity contribution in [2.24, 2.45) is 5.10 Å². The molecule has 1 N–H and O–H groups in total. The van der Waals surface area contributed by atoms with Crippen molar-refractivity contribution in [2.75, 3.05) is 11.6 Å². The number of amides is 1. The molecule has 1 aliphatic heterocycles. The zero-order valence-corrected chi connectivity index (χ0v) is 10.5. The summed E-state index contributed by atoms with van der Waals surface area (Å²) >= 11 is 3.42. The lowest BCUT2D eigenvalue weighted by Gasteiger charge is -2.13. The van der Waals surface area contributed by atoms with Gasteiger partial charge in [-0.25, -0.2) is 0 Å². The Hall–Kier alpha value is -1.36. The van der Waals surface area contributed by atoms with Gasteiger partial charge in [-0.2, -0.15) is 5.10 Å². The Labute approximate surface area is 102 Å². The van der Waals surface area contributed by atoms with Crippen LogP contribution in [0.1, 0.15) is 13.3 Å². The number of hydrogen-bond donors (Lipinski definition) is 1. The first-order chi connectivity index (χ1) is 7.65. The van der Waals surface area contributed by atoms with Gasteiger partial charge in [0.25, 0.3) is 0 Å². The molecule has 1 aromatic rings. The number of amidine groups is 1. The Morgan fingerprint density at radius 1 is 1.56 bits per heavy atom. The third kappa shape index (κ3) is 2.61. The van der Waals surface area contributed by atoms with E-state index in [1.807, 2.05) is 29.3 Å². The largest absolute Gasteiger partial charge is 0.313 e. The first-order valence-corrected chi connectivity index (χ1v) is 5.82. The molecule has 1 aromatic carbocycles. The summed E-state index contributed by atoms with van der Waals surface area (Å²) in [6.07, 6.45) is 0.770. The van der Waals surface area contributed by atoms with Crippen LogP contribution in [-0.4, -0.2) is 18.3 Å². The number of carbonyl (C=O) groups excluding carboxylic acids is 1. The zero-order valence-electron chi connectivity index (χ0n) is 8.90. The average Bonchev–Trinajstić information content (AvgIpc) is 2.65. The van der Waals surface area contributed by atoms with E-state index in [-0.39, 0.29) is 5.91 Å². The van der Waals surface area contributed by atoms with Gasteiger partial charge in [-0.1, -0.05) is 22.0 Å². The van der Waals surface area contributed by atoms with E-state index in [9.17, 15) is 4.79 Å². The van der Waals surface area contributed by atoms with E-state index in [4.69, 9.17) is 0 Å². The predicted molar refractivity (Wildman–Crippen MR) is 67.4 cm³/mol. The average molecular weight is 282 g/mol. The number of benzene rings is 1. The van der Waals surface area contributed by atoms with Crippen molar-refractivity contribution in [3.63, 3.8) is 0 Å². The summed E-state index contributed by atoms with van der Waals surface area (Å²) in [5.74, 6) is 0.655. The number of halogens is 1. The fourth-order valence-corrected chi connectivity index (χ4v) is 1.96. The van der Waals surface area contributed by atoms with Crippen molar-refractivity contribution >= 4 is 33.4 Å². The zero-order chi connectivity index (χ0) is 11.5. The van der Waals surface area contributed by atoms with Gasteiger partial charge in [-0.05, 0) is 18.2 Å². The van der Waals surface area contributed by atoms with E-state index in [1.165, 1.54) is 6.92 Å². The van der Waals surface area contributed by atoms with Crippen LogP contribution in [0.15, 0.2) is 33.8 Å². The first-order valence-electron chi connectivity index (χ1n) is 5.03. The van der Waals surface area contributed by atoms with Crippen LogP contribution >= 0.6 is 15.9 Å².